The first-order valence-corrected chi connectivity index (χ1v) is 9.83. The van der Waals surface area contributed by atoms with Crippen LogP contribution in [-0.2, 0) is 11.3 Å². The third-order valence-corrected chi connectivity index (χ3v) is 5.10. The molecule has 1 aromatic heterocycles. The summed E-state index contributed by atoms with van der Waals surface area (Å²) in [7, 11) is 0. The minimum atomic E-state index is -0.344. The topological polar surface area (TPSA) is 71.3 Å². The van der Waals surface area contributed by atoms with E-state index in [9.17, 15) is 9.18 Å². The molecule has 4 rings (SSSR count). The largest absolute Gasteiger partial charge is 0.351 e. The molecule has 7 heteroatoms. The second-order valence-corrected chi connectivity index (χ2v) is 7.21. The quantitative estimate of drug-likeness (QED) is 0.690. The lowest BCUT2D eigenvalue weighted by Crippen LogP contribution is -2.41. The number of aromatic nitrogens is 2. The molecule has 0 aliphatic carbocycles. The van der Waals surface area contributed by atoms with E-state index >= 15 is 0 Å². The minimum absolute atomic E-state index is 0.0365. The number of piperidine rings is 1. The SMILES string of the molecule is O=C(CN1CCCCC1c1nc(-c2cccc(F)c2)no1)NCc1ccccc1. The Hall–Kier alpha value is -3.06. The molecule has 0 radical (unpaired) electrons. The van der Waals surface area contributed by atoms with Crippen LogP contribution in [0.4, 0.5) is 4.39 Å². The summed E-state index contributed by atoms with van der Waals surface area (Å²) in [4.78, 5) is 19.0. The fraction of sp³-hybridized carbons (Fsp3) is 0.318. The first-order valence-electron chi connectivity index (χ1n) is 9.83. The van der Waals surface area contributed by atoms with E-state index in [4.69, 9.17) is 4.52 Å². The molecular formula is C22H23FN4O2. The van der Waals surface area contributed by atoms with Crippen LogP contribution in [0.25, 0.3) is 11.4 Å². The molecule has 1 saturated heterocycles. The van der Waals surface area contributed by atoms with Crippen LogP contribution in [0.2, 0.25) is 0 Å². The van der Waals surface area contributed by atoms with E-state index in [1.807, 2.05) is 30.3 Å². The Morgan fingerprint density at radius 2 is 2.03 bits per heavy atom. The highest BCUT2D eigenvalue weighted by Crippen LogP contribution is 2.30. The molecule has 1 N–H and O–H groups in total. The van der Waals surface area contributed by atoms with Crippen molar-refractivity contribution in [2.75, 3.05) is 13.1 Å². The highest BCUT2D eigenvalue weighted by molar-refractivity contribution is 5.78. The molecular weight excluding hydrogens is 371 g/mol. The molecule has 0 bridgehead atoms. The summed E-state index contributed by atoms with van der Waals surface area (Å²) < 4.78 is 19.0. The average Bonchev–Trinajstić information content (AvgIpc) is 3.24. The van der Waals surface area contributed by atoms with Crippen molar-refractivity contribution in [2.45, 2.75) is 31.8 Å². The molecule has 1 unspecified atom stereocenters. The molecule has 6 nitrogen and oxygen atoms in total. The number of amides is 1. The van der Waals surface area contributed by atoms with E-state index in [-0.39, 0.29) is 24.3 Å². The number of hydrogen-bond acceptors (Lipinski definition) is 5. The van der Waals surface area contributed by atoms with Crippen molar-refractivity contribution in [3.8, 4) is 11.4 Å². The van der Waals surface area contributed by atoms with Gasteiger partial charge in [0, 0.05) is 12.1 Å². The molecule has 29 heavy (non-hydrogen) atoms. The number of benzene rings is 2. The molecule has 1 aliphatic rings. The Balaban J connectivity index is 1.42. The molecule has 0 spiro atoms. The van der Waals surface area contributed by atoms with E-state index in [2.05, 4.69) is 20.4 Å². The molecule has 1 amide bonds. The predicted octanol–water partition coefficient (Wildman–Crippen LogP) is 3.72. The molecule has 2 heterocycles. The zero-order chi connectivity index (χ0) is 20.1. The maximum Gasteiger partial charge on any atom is 0.244 e. The first kappa shape index (κ1) is 19.3. The smallest absolute Gasteiger partial charge is 0.244 e. The van der Waals surface area contributed by atoms with Gasteiger partial charge in [0.05, 0.1) is 12.6 Å². The fourth-order valence-electron chi connectivity index (χ4n) is 3.61. The summed E-state index contributed by atoms with van der Waals surface area (Å²) in [6.07, 6.45) is 2.90. The van der Waals surface area contributed by atoms with Gasteiger partial charge in [-0.05, 0) is 37.1 Å². The van der Waals surface area contributed by atoms with Crippen LogP contribution in [0.3, 0.4) is 0 Å². The van der Waals surface area contributed by atoms with E-state index in [1.165, 1.54) is 12.1 Å². The van der Waals surface area contributed by atoms with Gasteiger partial charge in [-0.1, -0.05) is 54.0 Å². The van der Waals surface area contributed by atoms with Crippen LogP contribution < -0.4 is 5.32 Å². The third-order valence-electron chi connectivity index (χ3n) is 5.10. The van der Waals surface area contributed by atoms with Crippen LogP contribution in [0.5, 0.6) is 0 Å². The fourth-order valence-corrected chi connectivity index (χ4v) is 3.61. The van der Waals surface area contributed by atoms with Gasteiger partial charge < -0.3 is 9.84 Å². The van der Waals surface area contributed by atoms with Gasteiger partial charge in [0.2, 0.25) is 17.6 Å². The van der Waals surface area contributed by atoms with Crippen LogP contribution in [-0.4, -0.2) is 34.0 Å². The lowest BCUT2D eigenvalue weighted by molar-refractivity contribution is -0.123. The number of nitrogens with zero attached hydrogens (tertiary/aromatic N) is 3. The molecule has 1 atom stereocenters. The van der Waals surface area contributed by atoms with E-state index in [0.717, 1.165) is 31.4 Å². The van der Waals surface area contributed by atoms with Crippen molar-refractivity contribution in [3.05, 3.63) is 71.9 Å². The Morgan fingerprint density at radius 3 is 2.86 bits per heavy atom. The number of halogens is 1. The molecule has 3 aromatic rings. The van der Waals surface area contributed by atoms with Crippen LogP contribution in [0.1, 0.15) is 36.8 Å². The number of carbonyl (C=O) groups is 1. The molecule has 1 aliphatic heterocycles. The van der Waals surface area contributed by atoms with Gasteiger partial charge in [-0.15, -0.1) is 0 Å². The summed E-state index contributed by atoms with van der Waals surface area (Å²) in [5.41, 5.74) is 1.63. The van der Waals surface area contributed by atoms with Crippen LogP contribution in [0, 0.1) is 5.82 Å². The highest BCUT2D eigenvalue weighted by atomic mass is 19.1. The van der Waals surface area contributed by atoms with Crippen molar-refractivity contribution < 1.29 is 13.7 Å². The summed E-state index contributed by atoms with van der Waals surface area (Å²) >= 11 is 0. The summed E-state index contributed by atoms with van der Waals surface area (Å²) in [6.45, 7) is 1.57. The number of hydrogen-bond donors (Lipinski definition) is 1. The van der Waals surface area contributed by atoms with Crippen molar-refractivity contribution in [1.29, 1.82) is 0 Å². The standard InChI is InChI=1S/C22H23FN4O2/c23-18-10-6-9-17(13-18)21-25-22(29-26-21)19-11-4-5-12-27(19)15-20(28)24-14-16-7-2-1-3-8-16/h1-3,6-10,13,19H,4-5,11-12,14-15H2,(H,24,28). The van der Waals surface area contributed by atoms with Crippen LogP contribution in [0.15, 0.2) is 59.1 Å². The molecule has 0 saturated carbocycles. The van der Waals surface area contributed by atoms with Crippen molar-refractivity contribution >= 4 is 5.91 Å². The Labute approximate surface area is 168 Å². The predicted molar refractivity (Wildman–Crippen MR) is 106 cm³/mol. The maximum atomic E-state index is 13.5. The zero-order valence-electron chi connectivity index (χ0n) is 16.1. The Morgan fingerprint density at radius 1 is 1.17 bits per heavy atom. The van der Waals surface area contributed by atoms with Gasteiger partial charge in [0.1, 0.15) is 5.82 Å². The van der Waals surface area contributed by atoms with Crippen molar-refractivity contribution in [3.63, 3.8) is 0 Å². The number of rotatable bonds is 6. The van der Waals surface area contributed by atoms with E-state index in [1.54, 1.807) is 12.1 Å². The second kappa shape index (κ2) is 8.96. The lowest BCUT2D eigenvalue weighted by Gasteiger charge is -2.32. The van der Waals surface area contributed by atoms with E-state index < -0.39 is 0 Å². The maximum absolute atomic E-state index is 13.5. The normalized spacial score (nSPS) is 17.2. The minimum Gasteiger partial charge on any atom is -0.351 e. The average molecular weight is 394 g/mol. The zero-order valence-corrected chi connectivity index (χ0v) is 16.1. The van der Waals surface area contributed by atoms with Gasteiger partial charge in [-0.3, -0.25) is 9.69 Å². The highest BCUT2D eigenvalue weighted by Gasteiger charge is 2.30. The van der Waals surface area contributed by atoms with Gasteiger partial charge in [-0.25, -0.2) is 4.39 Å². The van der Waals surface area contributed by atoms with Crippen molar-refractivity contribution in [1.82, 2.24) is 20.4 Å². The Bertz CT molecular complexity index is 960. The molecule has 1 fully saturated rings. The van der Waals surface area contributed by atoms with Crippen molar-refractivity contribution in [2.24, 2.45) is 0 Å². The lowest BCUT2D eigenvalue weighted by atomic mass is 10.0. The van der Waals surface area contributed by atoms with Crippen LogP contribution >= 0.6 is 0 Å². The van der Waals surface area contributed by atoms with Gasteiger partial charge in [0.25, 0.3) is 0 Å². The number of likely N-dealkylation sites (tertiary alicyclic amines) is 1. The summed E-state index contributed by atoms with van der Waals surface area (Å²) in [5, 5.41) is 6.98. The van der Waals surface area contributed by atoms with Gasteiger partial charge in [-0.2, -0.15) is 4.98 Å². The monoisotopic (exact) mass is 394 g/mol. The van der Waals surface area contributed by atoms with Gasteiger partial charge in [0.15, 0.2) is 0 Å². The van der Waals surface area contributed by atoms with Gasteiger partial charge >= 0.3 is 0 Å². The molecule has 150 valence electrons. The first-order chi connectivity index (χ1) is 14.2. The Kier molecular flexibility index (Phi) is 5.95. The second-order valence-electron chi connectivity index (χ2n) is 7.21. The summed E-state index contributed by atoms with van der Waals surface area (Å²) in [6, 6.07) is 15.8. The number of nitrogens with one attached hydrogen (secondary N) is 1. The third kappa shape index (κ3) is 4.86. The van der Waals surface area contributed by atoms with E-state index in [0.29, 0.717) is 23.8 Å². The number of carbonyl (C=O) groups excluding carboxylic acids is 1. The summed E-state index contributed by atoms with van der Waals surface area (Å²) in [5.74, 6) is 0.451. The molecule has 2 aromatic carbocycles.